The number of methoxy groups -OCH3 is 1. The van der Waals surface area contributed by atoms with Crippen molar-refractivity contribution in [3.05, 3.63) is 74.0 Å². The van der Waals surface area contributed by atoms with Crippen LogP contribution in [0.2, 0.25) is 5.02 Å². The van der Waals surface area contributed by atoms with Crippen LogP contribution in [0.15, 0.2) is 51.9 Å². The van der Waals surface area contributed by atoms with Gasteiger partial charge in [0.15, 0.2) is 18.1 Å². The second-order valence-corrected chi connectivity index (χ2v) is 9.15. The number of rotatable bonds is 8. The van der Waals surface area contributed by atoms with Crippen molar-refractivity contribution in [2.24, 2.45) is 5.73 Å². The Balaban J connectivity index is 1.54. The molecular weight excluding hydrogens is 563 g/mol. The van der Waals surface area contributed by atoms with Gasteiger partial charge in [0.05, 0.1) is 5.02 Å². The molecule has 0 radical (unpaired) electrons. The SMILES string of the molecule is CO[C@H]1[C@@H](O)[C@H](n2ccc(=O)[nH]c2=O)O[C@@H]1[C@@H](O[C@H]1OC(C(=O)Nc2ccc(F)c(Cl)c2)=C[C@H](O)[C@@H]1O)C(N)=O. The number of ether oxygens (including phenoxy) is 4. The van der Waals surface area contributed by atoms with Gasteiger partial charge in [0.1, 0.15) is 36.3 Å². The molecule has 3 heterocycles. The lowest BCUT2D eigenvalue weighted by molar-refractivity contribution is -0.241. The molecule has 1 aromatic carbocycles. The minimum absolute atomic E-state index is 0.0776. The van der Waals surface area contributed by atoms with E-state index >= 15 is 0 Å². The number of halogens is 2. The number of carbonyl (C=O) groups is 2. The fourth-order valence-electron chi connectivity index (χ4n) is 4.15. The Morgan fingerprint density at radius 3 is 2.58 bits per heavy atom. The lowest BCUT2D eigenvalue weighted by Gasteiger charge is -2.35. The maximum Gasteiger partial charge on any atom is 0.330 e. The fourth-order valence-corrected chi connectivity index (χ4v) is 4.33. The van der Waals surface area contributed by atoms with Gasteiger partial charge >= 0.3 is 5.69 Å². The quantitative estimate of drug-likeness (QED) is 0.200. The molecule has 1 aromatic heterocycles. The number of aromatic nitrogens is 2. The first kappa shape index (κ1) is 29.3. The van der Waals surface area contributed by atoms with Crippen molar-refractivity contribution in [1.29, 1.82) is 0 Å². The van der Waals surface area contributed by atoms with E-state index in [9.17, 15) is 38.9 Å². The zero-order valence-corrected chi connectivity index (χ0v) is 21.2. The summed E-state index contributed by atoms with van der Waals surface area (Å²) in [5.41, 5.74) is 3.94. The monoisotopic (exact) mass is 586 g/mol. The number of amides is 2. The van der Waals surface area contributed by atoms with E-state index in [0.717, 1.165) is 35.0 Å². The summed E-state index contributed by atoms with van der Waals surface area (Å²) in [6.45, 7) is 0. The van der Waals surface area contributed by atoms with Gasteiger partial charge in [0, 0.05) is 25.1 Å². The number of aliphatic hydroxyl groups is 3. The Hall–Kier alpha value is -3.64. The molecule has 7 N–H and O–H groups in total. The third-order valence-electron chi connectivity index (χ3n) is 6.10. The molecule has 216 valence electrons. The maximum absolute atomic E-state index is 13.4. The van der Waals surface area contributed by atoms with Crippen molar-refractivity contribution < 1.29 is 48.2 Å². The molecular formula is C23H24ClFN4O11. The highest BCUT2D eigenvalue weighted by Gasteiger charge is 2.52. The number of H-pyrrole nitrogens is 1. The Labute approximate surface area is 228 Å². The van der Waals surface area contributed by atoms with E-state index in [-0.39, 0.29) is 10.7 Å². The number of aliphatic hydroxyl groups excluding tert-OH is 3. The third kappa shape index (κ3) is 5.92. The van der Waals surface area contributed by atoms with Crippen molar-refractivity contribution in [3.8, 4) is 0 Å². The first-order valence-electron chi connectivity index (χ1n) is 11.5. The van der Waals surface area contributed by atoms with Gasteiger partial charge in [0.25, 0.3) is 11.5 Å². The van der Waals surface area contributed by atoms with Gasteiger partial charge in [0.2, 0.25) is 12.2 Å². The molecule has 17 heteroatoms. The second kappa shape index (κ2) is 11.8. The number of nitrogens with two attached hydrogens (primary N) is 1. The zero-order valence-electron chi connectivity index (χ0n) is 20.5. The largest absolute Gasteiger partial charge is 0.456 e. The summed E-state index contributed by atoms with van der Waals surface area (Å²) in [5.74, 6) is -3.39. The highest BCUT2D eigenvalue weighted by molar-refractivity contribution is 6.31. The number of carbonyl (C=O) groups excluding carboxylic acids is 2. The summed E-state index contributed by atoms with van der Waals surface area (Å²) >= 11 is 5.71. The number of nitrogens with zero attached hydrogens (tertiary/aromatic N) is 1. The Morgan fingerprint density at radius 2 is 1.95 bits per heavy atom. The number of nitrogens with one attached hydrogen (secondary N) is 2. The average molecular weight is 587 g/mol. The van der Waals surface area contributed by atoms with E-state index in [2.05, 4.69) is 5.32 Å². The van der Waals surface area contributed by atoms with Gasteiger partial charge in [-0.3, -0.25) is 23.9 Å². The van der Waals surface area contributed by atoms with Gasteiger partial charge in [-0.15, -0.1) is 0 Å². The summed E-state index contributed by atoms with van der Waals surface area (Å²) in [5, 5.41) is 33.6. The molecule has 1 fully saturated rings. The Bertz CT molecular complexity index is 1430. The fraction of sp³-hybridized carbons (Fsp3) is 0.391. The molecule has 2 aliphatic heterocycles. The van der Waals surface area contributed by atoms with Crippen LogP contribution in [0.3, 0.4) is 0 Å². The minimum atomic E-state index is -1.87. The van der Waals surface area contributed by atoms with Gasteiger partial charge < -0.3 is 45.3 Å². The number of aromatic amines is 1. The van der Waals surface area contributed by atoms with Crippen LogP contribution in [0.25, 0.3) is 0 Å². The van der Waals surface area contributed by atoms with E-state index in [1.54, 1.807) is 0 Å². The van der Waals surface area contributed by atoms with E-state index in [0.29, 0.717) is 0 Å². The van der Waals surface area contributed by atoms with Gasteiger partial charge in [-0.05, 0) is 24.3 Å². The number of benzene rings is 1. The van der Waals surface area contributed by atoms with Crippen LogP contribution in [0.5, 0.6) is 0 Å². The first-order valence-corrected chi connectivity index (χ1v) is 11.9. The summed E-state index contributed by atoms with van der Waals surface area (Å²) in [6.07, 6.45) is -11.2. The van der Waals surface area contributed by atoms with Crippen molar-refractivity contribution >= 4 is 29.1 Å². The van der Waals surface area contributed by atoms with E-state index in [1.165, 1.54) is 13.2 Å². The van der Waals surface area contributed by atoms with Crippen molar-refractivity contribution in [2.75, 3.05) is 12.4 Å². The molecule has 15 nitrogen and oxygen atoms in total. The maximum atomic E-state index is 13.4. The number of primary amides is 1. The van der Waals surface area contributed by atoms with Crippen molar-refractivity contribution in [1.82, 2.24) is 9.55 Å². The van der Waals surface area contributed by atoms with E-state index < -0.39 is 83.8 Å². The van der Waals surface area contributed by atoms with Crippen molar-refractivity contribution in [3.63, 3.8) is 0 Å². The van der Waals surface area contributed by atoms with Crippen LogP contribution in [0, 0.1) is 5.82 Å². The van der Waals surface area contributed by atoms with Crippen LogP contribution in [0.1, 0.15) is 6.23 Å². The summed E-state index contributed by atoms with van der Waals surface area (Å²) in [6, 6.07) is 4.34. The predicted octanol–water partition coefficient (Wildman–Crippen LogP) is -1.93. The molecule has 2 aromatic rings. The first-order chi connectivity index (χ1) is 18.9. The molecule has 0 unspecified atom stereocenters. The van der Waals surface area contributed by atoms with Gasteiger partial charge in [-0.1, -0.05) is 11.6 Å². The van der Waals surface area contributed by atoms with Crippen LogP contribution >= 0.6 is 11.6 Å². The highest BCUT2D eigenvalue weighted by Crippen LogP contribution is 2.34. The number of hydrogen-bond acceptors (Lipinski definition) is 11. The molecule has 1 saturated heterocycles. The molecule has 2 amide bonds. The predicted molar refractivity (Wildman–Crippen MR) is 131 cm³/mol. The minimum Gasteiger partial charge on any atom is -0.456 e. The van der Waals surface area contributed by atoms with Gasteiger partial charge in [-0.25, -0.2) is 9.18 Å². The number of anilines is 1. The molecule has 8 atom stereocenters. The Kier molecular flexibility index (Phi) is 8.69. The average Bonchev–Trinajstić information content (AvgIpc) is 3.22. The van der Waals surface area contributed by atoms with E-state index in [1.807, 2.05) is 4.98 Å². The molecule has 2 aliphatic rings. The number of hydrogen-bond donors (Lipinski definition) is 6. The van der Waals surface area contributed by atoms with Crippen LogP contribution in [-0.4, -0.2) is 86.7 Å². The summed E-state index contributed by atoms with van der Waals surface area (Å²) in [7, 11) is 1.17. The molecule has 0 spiro atoms. The highest BCUT2D eigenvalue weighted by atomic mass is 35.5. The van der Waals surface area contributed by atoms with Crippen LogP contribution in [0.4, 0.5) is 10.1 Å². The molecule has 40 heavy (non-hydrogen) atoms. The standard InChI is InChI=1S/C23H24ClFN4O11/c1-37-16-15(33)21(29-5-4-13(31)28-23(29)36)39-17(16)18(19(26)34)40-22-14(32)11(30)7-12(38-22)20(35)27-8-2-3-10(25)9(24)6-8/h2-7,11,14-18,21-22,30,32-33H,1H3,(H2,26,34)(H,27,35)(H,28,31,36)/t11-,14-,15+,16-,17-,18+,21+,22+/m0/s1. The molecule has 0 aliphatic carbocycles. The summed E-state index contributed by atoms with van der Waals surface area (Å²) in [4.78, 5) is 50.8. The second-order valence-electron chi connectivity index (χ2n) is 8.74. The molecule has 0 bridgehead atoms. The topological polar surface area (TPSA) is 225 Å². The lowest BCUT2D eigenvalue weighted by Crippen LogP contribution is -2.53. The summed E-state index contributed by atoms with van der Waals surface area (Å²) < 4.78 is 36.1. The van der Waals surface area contributed by atoms with Crippen molar-refractivity contribution in [2.45, 2.75) is 49.1 Å². The third-order valence-corrected chi connectivity index (χ3v) is 6.39. The molecule has 0 saturated carbocycles. The smallest absolute Gasteiger partial charge is 0.330 e. The van der Waals surface area contributed by atoms with Crippen LogP contribution < -0.4 is 22.3 Å². The molecule has 4 rings (SSSR count). The van der Waals surface area contributed by atoms with E-state index in [4.69, 9.17) is 36.3 Å². The lowest BCUT2D eigenvalue weighted by atomic mass is 10.0. The Morgan fingerprint density at radius 1 is 1.23 bits per heavy atom. The zero-order chi connectivity index (χ0) is 29.3. The van der Waals surface area contributed by atoms with Gasteiger partial charge in [-0.2, -0.15) is 0 Å². The van der Waals surface area contributed by atoms with Crippen LogP contribution in [-0.2, 0) is 28.5 Å². The normalized spacial score (nSPS) is 28.9.